The van der Waals surface area contributed by atoms with Crippen LogP contribution in [0.15, 0.2) is 29.4 Å². The first-order valence-corrected chi connectivity index (χ1v) is 16.6. The fourth-order valence-corrected chi connectivity index (χ4v) is 7.08. The summed E-state index contributed by atoms with van der Waals surface area (Å²) in [5.74, 6) is -0.527. The molecule has 0 spiro atoms. The lowest BCUT2D eigenvalue weighted by Gasteiger charge is -2.45. The number of likely N-dealkylation sites (N-methyl/N-ethyl adjacent to an activating group) is 1. The average molecular weight is 626 g/mol. The molecule has 4 unspecified atom stereocenters. The summed E-state index contributed by atoms with van der Waals surface area (Å²) in [7, 11) is 4.19. The molecule has 1 amide bonds. The molecule has 1 aliphatic carbocycles. The number of hydrogen-bond acceptors (Lipinski definition) is 7. The van der Waals surface area contributed by atoms with Crippen molar-refractivity contribution in [3.8, 4) is 0 Å². The van der Waals surface area contributed by atoms with Gasteiger partial charge in [-0.15, -0.1) is 0 Å². The van der Waals surface area contributed by atoms with Crippen LogP contribution in [0.25, 0.3) is 10.9 Å². The molecule has 1 fully saturated rings. The quantitative estimate of drug-likeness (QED) is 0.0590. The first kappa shape index (κ1) is 34.2. The maximum atomic E-state index is 13.7. The highest BCUT2D eigenvalue weighted by atomic mass is 16.7. The number of fused-ring (bicyclic) bond motifs is 2. The number of guanidine groups is 1. The van der Waals surface area contributed by atoms with Gasteiger partial charge in [0.1, 0.15) is 6.61 Å². The number of benzene rings is 1. The number of rotatable bonds is 17. The van der Waals surface area contributed by atoms with Crippen LogP contribution in [0.5, 0.6) is 0 Å². The zero-order valence-electron chi connectivity index (χ0n) is 27.1. The smallest absolute Gasteiger partial charge is 0.305 e. The molecular formula is C33H51N7O5. The lowest BCUT2D eigenvalue weighted by Crippen LogP contribution is -2.53. The van der Waals surface area contributed by atoms with E-state index < -0.39 is 11.1 Å². The molecule has 0 bridgehead atoms. The number of piperidine rings is 1. The first-order valence-electron chi connectivity index (χ1n) is 16.6. The van der Waals surface area contributed by atoms with Crippen LogP contribution in [-0.4, -0.2) is 71.2 Å². The van der Waals surface area contributed by atoms with Gasteiger partial charge in [-0.05, 0) is 56.3 Å². The minimum atomic E-state index is -0.760. The molecule has 12 heteroatoms. The molecule has 1 aromatic heterocycles. The van der Waals surface area contributed by atoms with E-state index >= 15 is 0 Å². The number of hydrazine groups is 1. The number of nitrogens with two attached hydrogens (primary N) is 1. The zero-order valence-corrected chi connectivity index (χ0v) is 27.1. The van der Waals surface area contributed by atoms with Gasteiger partial charge in [0, 0.05) is 55.6 Å². The molecule has 4 N–H and O–H groups in total. The standard InChI is InChI=1S/C33H51N7O5/c1-4-5-6-7-8-9-10-16-30(41)45-22-25(13-12-17-35-33(34)37-40(43)44)36-32(42)24-18-27-26-14-11-15-28-31(26)23(20-38(28)2)19-29(27)39(3)21-24/h11,14-15,20,24-25,27,29H,4-10,12-13,16-19,21-22H2,1-3H3,(H,36,42)(H3,34,35,37). The van der Waals surface area contributed by atoms with Crippen LogP contribution in [0.2, 0.25) is 0 Å². The van der Waals surface area contributed by atoms with Crippen LogP contribution in [0, 0.1) is 16.0 Å². The zero-order chi connectivity index (χ0) is 32.3. The Kier molecular flexibility index (Phi) is 12.6. The van der Waals surface area contributed by atoms with Crippen LogP contribution >= 0.6 is 0 Å². The summed E-state index contributed by atoms with van der Waals surface area (Å²) in [5, 5.41) is 14.3. The minimum absolute atomic E-state index is 0.0440. The molecule has 0 radical (unpaired) electrons. The second-order valence-corrected chi connectivity index (χ2v) is 12.8. The van der Waals surface area contributed by atoms with E-state index in [2.05, 4.69) is 65.2 Å². The van der Waals surface area contributed by atoms with Gasteiger partial charge in [-0.2, -0.15) is 0 Å². The molecule has 248 valence electrons. The van der Waals surface area contributed by atoms with Gasteiger partial charge in [0.25, 0.3) is 5.96 Å². The van der Waals surface area contributed by atoms with Crippen molar-refractivity contribution in [2.24, 2.45) is 23.7 Å². The van der Waals surface area contributed by atoms with E-state index in [4.69, 9.17) is 10.5 Å². The Bertz CT molecular complexity index is 1340. The fourth-order valence-electron chi connectivity index (χ4n) is 7.08. The van der Waals surface area contributed by atoms with E-state index in [1.54, 1.807) is 0 Å². The first-order chi connectivity index (χ1) is 21.7. The van der Waals surface area contributed by atoms with Crippen molar-refractivity contribution in [1.29, 1.82) is 0 Å². The molecule has 1 saturated heterocycles. The Morgan fingerprint density at radius 3 is 2.67 bits per heavy atom. The number of carbonyl (C=O) groups is 2. The SMILES string of the molecule is CCCCCCCCCC(=O)OCC(CCCN=C(N)N[N+](=O)[O-])NC(=O)C1CC2c3cccc4c3c(cn4C)CC2N(C)C1. The molecule has 4 rings (SSSR count). The number of aliphatic imine (C=N–C) groups is 1. The molecule has 12 nitrogen and oxygen atoms in total. The van der Waals surface area contributed by atoms with E-state index in [9.17, 15) is 19.7 Å². The molecule has 45 heavy (non-hydrogen) atoms. The van der Waals surface area contributed by atoms with Gasteiger partial charge >= 0.3 is 5.97 Å². The Balaban J connectivity index is 1.35. The number of nitrogens with zero attached hydrogens (tertiary/aromatic N) is 4. The molecule has 2 aliphatic rings. The predicted octanol–water partition coefficient (Wildman–Crippen LogP) is 4.18. The third-order valence-corrected chi connectivity index (χ3v) is 9.38. The van der Waals surface area contributed by atoms with Gasteiger partial charge in [-0.25, -0.2) is 15.1 Å². The molecule has 1 aliphatic heterocycles. The highest BCUT2D eigenvalue weighted by Crippen LogP contribution is 2.44. The van der Waals surface area contributed by atoms with Crippen LogP contribution in [0.1, 0.15) is 94.6 Å². The second-order valence-electron chi connectivity index (χ2n) is 12.8. The monoisotopic (exact) mass is 625 g/mol. The molecule has 4 atom stereocenters. The summed E-state index contributed by atoms with van der Waals surface area (Å²) in [6, 6.07) is 6.43. The molecule has 1 aromatic carbocycles. The summed E-state index contributed by atoms with van der Waals surface area (Å²) >= 11 is 0. The van der Waals surface area contributed by atoms with Crippen molar-refractivity contribution in [3.05, 3.63) is 45.6 Å². The van der Waals surface area contributed by atoms with Crippen molar-refractivity contribution >= 4 is 28.7 Å². The number of amides is 1. The van der Waals surface area contributed by atoms with Crippen molar-refractivity contribution < 1.29 is 19.4 Å². The lowest BCUT2D eigenvalue weighted by atomic mass is 9.72. The topological polar surface area (TPSA) is 157 Å². The Labute approximate surface area is 266 Å². The third-order valence-electron chi connectivity index (χ3n) is 9.38. The number of nitrogens with one attached hydrogen (secondary N) is 2. The second kappa shape index (κ2) is 16.6. The van der Waals surface area contributed by atoms with E-state index in [0.717, 1.165) is 32.1 Å². The largest absolute Gasteiger partial charge is 0.463 e. The molecule has 2 heterocycles. The van der Waals surface area contributed by atoms with Crippen molar-refractivity contribution in [2.45, 2.75) is 102 Å². The summed E-state index contributed by atoms with van der Waals surface area (Å²) in [4.78, 5) is 43.2. The van der Waals surface area contributed by atoms with Crippen LogP contribution in [-0.2, 0) is 27.8 Å². The third kappa shape index (κ3) is 9.42. The van der Waals surface area contributed by atoms with E-state index in [-0.39, 0.29) is 42.8 Å². The average Bonchev–Trinajstić information content (AvgIpc) is 3.33. The number of ether oxygens (including phenoxy) is 1. The number of likely N-dealkylation sites (tertiary alicyclic amines) is 1. The number of aryl methyl sites for hydroxylation is 1. The van der Waals surface area contributed by atoms with Gasteiger partial charge in [-0.3, -0.25) is 9.59 Å². The van der Waals surface area contributed by atoms with Crippen LogP contribution in [0.3, 0.4) is 0 Å². The van der Waals surface area contributed by atoms with Gasteiger partial charge < -0.3 is 25.3 Å². The van der Waals surface area contributed by atoms with Crippen molar-refractivity contribution in [3.63, 3.8) is 0 Å². The highest BCUT2D eigenvalue weighted by molar-refractivity contribution is 5.89. The predicted molar refractivity (Wildman–Crippen MR) is 175 cm³/mol. The molecule has 2 aromatic rings. The van der Waals surface area contributed by atoms with Crippen molar-refractivity contribution in [2.75, 3.05) is 26.7 Å². The van der Waals surface area contributed by atoms with Gasteiger partial charge in [0.05, 0.1) is 12.0 Å². The van der Waals surface area contributed by atoms with Crippen LogP contribution in [0.4, 0.5) is 0 Å². The molecular weight excluding hydrogens is 574 g/mol. The molecule has 0 saturated carbocycles. The van der Waals surface area contributed by atoms with Crippen molar-refractivity contribution in [1.82, 2.24) is 20.2 Å². The summed E-state index contributed by atoms with van der Waals surface area (Å²) in [6.07, 6.45) is 13.2. The van der Waals surface area contributed by atoms with E-state index in [1.807, 2.05) is 5.43 Å². The number of unbranched alkanes of at least 4 members (excludes halogenated alkanes) is 6. The number of carbonyl (C=O) groups excluding carboxylic acids is 2. The Hall–Kier alpha value is -3.67. The van der Waals surface area contributed by atoms with Crippen LogP contribution < -0.4 is 16.5 Å². The van der Waals surface area contributed by atoms with E-state index in [0.29, 0.717) is 31.8 Å². The fraction of sp³-hybridized carbons (Fsp3) is 0.667. The van der Waals surface area contributed by atoms with E-state index in [1.165, 1.54) is 47.7 Å². The Morgan fingerprint density at radius 1 is 1.16 bits per heavy atom. The number of nitro groups is 1. The minimum Gasteiger partial charge on any atom is -0.463 e. The van der Waals surface area contributed by atoms with Gasteiger partial charge in [-0.1, -0.05) is 63.0 Å². The number of aromatic nitrogens is 1. The highest BCUT2D eigenvalue weighted by Gasteiger charge is 2.41. The Morgan fingerprint density at radius 2 is 1.91 bits per heavy atom. The lowest BCUT2D eigenvalue weighted by molar-refractivity contribution is -0.525. The summed E-state index contributed by atoms with van der Waals surface area (Å²) in [6.45, 7) is 3.17. The maximum Gasteiger partial charge on any atom is 0.305 e. The number of esters is 1. The summed E-state index contributed by atoms with van der Waals surface area (Å²) < 4.78 is 7.82. The van der Waals surface area contributed by atoms with Gasteiger partial charge in [0.2, 0.25) is 5.91 Å². The number of hydrogen-bond donors (Lipinski definition) is 3. The summed E-state index contributed by atoms with van der Waals surface area (Å²) in [5.41, 5.74) is 11.3. The maximum absolute atomic E-state index is 13.7. The normalized spacial score (nSPS) is 20.4. The van der Waals surface area contributed by atoms with Gasteiger partial charge in [0.15, 0.2) is 5.03 Å².